The van der Waals surface area contributed by atoms with Crippen LogP contribution in [-0.2, 0) is 5.41 Å². The van der Waals surface area contributed by atoms with E-state index < -0.39 is 6.10 Å². The van der Waals surface area contributed by atoms with Gasteiger partial charge in [-0.2, -0.15) is 4.98 Å². The summed E-state index contributed by atoms with van der Waals surface area (Å²) in [4.78, 5) is 4.35. The number of hydrogen-bond donors (Lipinski definition) is 1. The first kappa shape index (κ1) is 13.7. The highest BCUT2D eigenvalue weighted by atomic mass is 16.5. The van der Waals surface area contributed by atoms with Crippen molar-refractivity contribution in [2.45, 2.75) is 45.1 Å². The second-order valence-electron chi connectivity index (χ2n) is 5.25. The van der Waals surface area contributed by atoms with Crippen molar-refractivity contribution >= 4 is 0 Å². The Bertz CT molecular complexity index is 520. The first-order valence-corrected chi connectivity index (χ1v) is 6.63. The molecule has 0 saturated carbocycles. The highest BCUT2D eigenvalue weighted by molar-refractivity contribution is 5.29. The lowest BCUT2D eigenvalue weighted by molar-refractivity contribution is 0.152. The average Bonchev–Trinajstić information content (AvgIpc) is 2.90. The van der Waals surface area contributed by atoms with E-state index in [1.54, 1.807) is 0 Å². The van der Waals surface area contributed by atoms with Crippen molar-refractivity contribution in [3.8, 4) is 0 Å². The maximum Gasteiger partial charge on any atom is 0.236 e. The third-order valence-corrected chi connectivity index (χ3v) is 3.33. The van der Waals surface area contributed by atoms with Crippen LogP contribution in [0.15, 0.2) is 34.9 Å². The quantitative estimate of drug-likeness (QED) is 0.896. The molecule has 1 N–H and O–H groups in total. The molecule has 1 heterocycles. The third kappa shape index (κ3) is 2.84. The molecule has 0 aliphatic rings. The summed E-state index contributed by atoms with van der Waals surface area (Å²) in [5, 5.41) is 13.8. The zero-order valence-electron chi connectivity index (χ0n) is 11.6. The summed E-state index contributed by atoms with van der Waals surface area (Å²) >= 11 is 0. The van der Waals surface area contributed by atoms with Crippen molar-refractivity contribution in [3.05, 3.63) is 47.6 Å². The lowest BCUT2D eigenvalue weighted by Crippen LogP contribution is -2.19. The fourth-order valence-electron chi connectivity index (χ4n) is 2.00. The molecule has 0 radical (unpaired) electrons. The smallest absolute Gasteiger partial charge is 0.236 e. The number of benzene rings is 1. The maximum atomic E-state index is 9.89. The van der Waals surface area contributed by atoms with Crippen LogP contribution in [0.3, 0.4) is 0 Å². The van der Waals surface area contributed by atoms with Crippen LogP contribution < -0.4 is 0 Å². The Morgan fingerprint density at radius 1 is 1.26 bits per heavy atom. The molecule has 0 fully saturated rings. The Balaban J connectivity index is 2.27. The van der Waals surface area contributed by atoms with Crippen LogP contribution in [-0.4, -0.2) is 15.2 Å². The number of rotatable bonds is 5. The first-order valence-electron chi connectivity index (χ1n) is 6.63. The molecule has 1 aromatic heterocycles. The van der Waals surface area contributed by atoms with Gasteiger partial charge in [-0.25, -0.2) is 0 Å². The van der Waals surface area contributed by atoms with Crippen LogP contribution in [0.4, 0.5) is 0 Å². The standard InChI is InChI=1S/C15H20N2O2/c1-4-8-12(18)13-16-14(19-17-13)15(2,3)11-9-6-5-7-10-11/h5-7,9-10,12,18H,4,8H2,1-3H3. The molecule has 0 amide bonds. The SMILES string of the molecule is CCCC(O)c1noc(C(C)(C)c2ccccc2)n1. The Labute approximate surface area is 113 Å². The molecule has 2 rings (SSSR count). The highest BCUT2D eigenvalue weighted by Crippen LogP contribution is 2.30. The second-order valence-corrected chi connectivity index (χ2v) is 5.25. The van der Waals surface area contributed by atoms with Crippen LogP contribution in [0.25, 0.3) is 0 Å². The summed E-state index contributed by atoms with van der Waals surface area (Å²) < 4.78 is 5.33. The number of aliphatic hydroxyl groups is 1. The second kappa shape index (κ2) is 5.53. The van der Waals surface area contributed by atoms with Crippen molar-refractivity contribution < 1.29 is 9.63 Å². The fourth-order valence-corrected chi connectivity index (χ4v) is 2.00. The minimum Gasteiger partial charge on any atom is -0.385 e. The molecule has 0 bridgehead atoms. The van der Waals surface area contributed by atoms with Crippen LogP contribution >= 0.6 is 0 Å². The van der Waals surface area contributed by atoms with E-state index in [1.165, 1.54) is 0 Å². The Kier molecular flexibility index (Phi) is 4.00. The molecule has 0 saturated heterocycles. The fraction of sp³-hybridized carbons (Fsp3) is 0.467. The molecular weight excluding hydrogens is 240 g/mol. The monoisotopic (exact) mass is 260 g/mol. The van der Waals surface area contributed by atoms with Gasteiger partial charge in [0.25, 0.3) is 0 Å². The molecule has 2 aromatic rings. The average molecular weight is 260 g/mol. The van der Waals surface area contributed by atoms with Gasteiger partial charge >= 0.3 is 0 Å². The van der Waals surface area contributed by atoms with Crippen LogP contribution in [0.2, 0.25) is 0 Å². The van der Waals surface area contributed by atoms with E-state index in [4.69, 9.17) is 4.52 Å². The van der Waals surface area contributed by atoms with Crippen LogP contribution in [0.1, 0.15) is 57.0 Å². The Morgan fingerprint density at radius 2 is 1.95 bits per heavy atom. The largest absolute Gasteiger partial charge is 0.385 e. The van der Waals surface area contributed by atoms with Crippen LogP contribution in [0.5, 0.6) is 0 Å². The van der Waals surface area contributed by atoms with E-state index in [0.29, 0.717) is 18.1 Å². The van der Waals surface area contributed by atoms with E-state index in [2.05, 4.69) is 10.1 Å². The van der Waals surface area contributed by atoms with Crippen molar-refractivity contribution in [3.63, 3.8) is 0 Å². The summed E-state index contributed by atoms with van der Waals surface area (Å²) in [6, 6.07) is 10.0. The summed E-state index contributed by atoms with van der Waals surface area (Å²) in [7, 11) is 0. The number of aliphatic hydroxyl groups excluding tert-OH is 1. The molecule has 4 nitrogen and oxygen atoms in total. The molecule has 4 heteroatoms. The highest BCUT2D eigenvalue weighted by Gasteiger charge is 2.30. The summed E-state index contributed by atoms with van der Waals surface area (Å²) in [5.74, 6) is 0.907. The van der Waals surface area contributed by atoms with Gasteiger partial charge in [0.1, 0.15) is 6.10 Å². The molecular formula is C15H20N2O2. The van der Waals surface area contributed by atoms with E-state index in [-0.39, 0.29) is 5.41 Å². The lowest BCUT2D eigenvalue weighted by atomic mass is 9.84. The number of nitrogens with zero attached hydrogens (tertiary/aromatic N) is 2. The van der Waals surface area contributed by atoms with Gasteiger partial charge in [-0.15, -0.1) is 0 Å². The zero-order chi connectivity index (χ0) is 13.9. The summed E-state index contributed by atoms with van der Waals surface area (Å²) in [6.45, 7) is 6.08. The topological polar surface area (TPSA) is 59.2 Å². The lowest BCUT2D eigenvalue weighted by Gasteiger charge is -2.20. The van der Waals surface area contributed by atoms with Gasteiger partial charge < -0.3 is 9.63 Å². The van der Waals surface area contributed by atoms with Gasteiger partial charge in [-0.1, -0.05) is 48.8 Å². The van der Waals surface area contributed by atoms with Crippen molar-refractivity contribution in [1.82, 2.24) is 10.1 Å². The summed E-state index contributed by atoms with van der Waals surface area (Å²) in [5.41, 5.74) is 0.744. The Morgan fingerprint density at radius 3 is 2.58 bits per heavy atom. The van der Waals surface area contributed by atoms with E-state index >= 15 is 0 Å². The predicted octanol–water partition coefficient (Wildman–Crippen LogP) is 3.23. The molecule has 0 spiro atoms. The van der Waals surface area contributed by atoms with Crippen LogP contribution in [0, 0.1) is 0 Å². The van der Waals surface area contributed by atoms with Gasteiger partial charge in [-0.3, -0.25) is 0 Å². The molecule has 0 aliphatic heterocycles. The van der Waals surface area contributed by atoms with E-state index in [1.807, 2.05) is 51.1 Å². The van der Waals surface area contributed by atoms with Crippen molar-refractivity contribution in [2.24, 2.45) is 0 Å². The molecule has 19 heavy (non-hydrogen) atoms. The molecule has 102 valence electrons. The van der Waals surface area contributed by atoms with Gasteiger partial charge in [0.2, 0.25) is 5.89 Å². The molecule has 0 aliphatic carbocycles. The number of aromatic nitrogens is 2. The minimum atomic E-state index is -0.644. The molecule has 1 atom stereocenters. The van der Waals surface area contributed by atoms with E-state index in [0.717, 1.165) is 12.0 Å². The predicted molar refractivity (Wildman–Crippen MR) is 72.7 cm³/mol. The maximum absolute atomic E-state index is 9.89. The van der Waals surface area contributed by atoms with Crippen molar-refractivity contribution in [2.75, 3.05) is 0 Å². The van der Waals surface area contributed by atoms with Gasteiger partial charge in [0.15, 0.2) is 5.82 Å². The first-order chi connectivity index (χ1) is 9.05. The van der Waals surface area contributed by atoms with Crippen molar-refractivity contribution in [1.29, 1.82) is 0 Å². The van der Waals surface area contributed by atoms with Gasteiger partial charge in [-0.05, 0) is 25.8 Å². The third-order valence-electron chi connectivity index (χ3n) is 3.33. The minimum absolute atomic E-state index is 0.363. The molecule has 1 unspecified atom stereocenters. The van der Waals surface area contributed by atoms with Gasteiger partial charge in [0.05, 0.1) is 5.41 Å². The Hall–Kier alpha value is -1.68. The zero-order valence-corrected chi connectivity index (χ0v) is 11.6. The normalized spacial score (nSPS) is 13.5. The van der Waals surface area contributed by atoms with Gasteiger partial charge in [0, 0.05) is 0 Å². The summed E-state index contributed by atoms with van der Waals surface area (Å²) in [6.07, 6.45) is 0.881. The number of hydrogen-bond acceptors (Lipinski definition) is 4. The molecule has 1 aromatic carbocycles. The van der Waals surface area contributed by atoms with E-state index in [9.17, 15) is 5.11 Å².